The zero-order valence-corrected chi connectivity index (χ0v) is 17.7. The molecule has 162 valence electrons. The highest BCUT2D eigenvalue weighted by Gasteiger charge is 2.36. The molecule has 5 rings (SSSR count). The number of fused-ring (bicyclic) bond motifs is 2. The van der Waals surface area contributed by atoms with E-state index in [1.54, 1.807) is 13.4 Å². The Morgan fingerprint density at radius 1 is 1.06 bits per heavy atom. The first-order chi connectivity index (χ1) is 15.2. The molecule has 1 fully saturated rings. The van der Waals surface area contributed by atoms with Crippen molar-refractivity contribution in [1.29, 1.82) is 0 Å². The standard InChI is InChI=1S/C25H27NO5/c1-28-19-5-6-20-17(15-31-22(20)14-19)12-24(27)26-16-25(8-2-3-9-25)18-4-7-21-23(13-18)30-11-10-29-21/h4-7,13-15H,2-3,8-12,16H2,1H3,(H,26,27). The van der Waals surface area contributed by atoms with Crippen molar-refractivity contribution in [2.45, 2.75) is 37.5 Å². The summed E-state index contributed by atoms with van der Waals surface area (Å²) < 4.78 is 22.3. The van der Waals surface area contributed by atoms with Gasteiger partial charge in [0.2, 0.25) is 5.91 Å². The highest BCUT2D eigenvalue weighted by Crippen LogP contribution is 2.43. The lowest BCUT2D eigenvalue weighted by molar-refractivity contribution is -0.120. The molecule has 0 spiro atoms. The van der Waals surface area contributed by atoms with E-state index < -0.39 is 0 Å². The third-order valence-corrected chi connectivity index (χ3v) is 6.55. The third kappa shape index (κ3) is 3.82. The summed E-state index contributed by atoms with van der Waals surface area (Å²) in [5.41, 5.74) is 2.77. The number of hydrogen-bond acceptors (Lipinski definition) is 5. The number of carbonyl (C=O) groups is 1. The monoisotopic (exact) mass is 421 g/mol. The Morgan fingerprint density at radius 2 is 1.87 bits per heavy atom. The van der Waals surface area contributed by atoms with Crippen LogP contribution in [0.4, 0.5) is 0 Å². The maximum absolute atomic E-state index is 12.8. The molecule has 1 aliphatic carbocycles. The van der Waals surface area contributed by atoms with Crippen molar-refractivity contribution in [2.75, 3.05) is 26.9 Å². The number of ether oxygens (including phenoxy) is 3. The maximum Gasteiger partial charge on any atom is 0.224 e. The van der Waals surface area contributed by atoms with E-state index in [9.17, 15) is 4.79 Å². The molecule has 1 aliphatic heterocycles. The molecule has 1 aromatic heterocycles. The van der Waals surface area contributed by atoms with Crippen molar-refractivity contribution in [2.24, 2.45) is 0 Å². The molecule has 0 saturated heterocycles. The van der Waals surface area contributed by atoms with Crippen LogP contribution in [0.15, 0.2) is 47.1 Å². The second-order valence-corrected chi connectivity index (χ2v) is 8.42. The number of rotatable bonds is 6. The molecule has 1 N–H and O–H groups in total. The van der Waals surface area contributed by atoms with Crippen LogP contribution < -0.4 is 19.5 Å². The van der Waals surface area contributed by atoms with Crippen molar-refractivity contribution in [3.8, 4) is 17.2 Å². The molecule has 6 nitrogen and oxygen atoms in total. The molecular weight excluding hydrogens is 394 g/mol. The number of nitrogens with one attached hydrogen (secondary N) is 1. The largest absolute Gasteiger partial charge is 0.497 e. The molecule has 0 atom stereocenters. The van der Waals surface area contributed by atoms with Crippen molar-refractivity contribution in [1.82, 2.24) is 5.32 Å². The van der Waals surface area contributed by atoms with Crippen LogP contribution in [0.5, 0.6) is 17.2 Å². The first kappa shape index (κ1) is 19.8. The molecule has 31 heavy (non-hydrogen) atoms. The van der Waals surface area contributed by atoms with Gasteiger partial charge in [-0.1, -0.05) is 18.9 Å². The van der Waals surface area contributed by atoms with Gasteiger partial charge in [-0.15, -0.1) is 0 Å². The van der Waals surface area contributed by atoms with E-state index in [1.165, 1.54) is 18.4 Å². The van der Waals surface area contributed by atoms with Crippen LogP contribution in [0.3, 0.4) is 0 Å². The predicted octanol–water partition coefficient (Wildman–Crippen LogP) is 4.38. The van der Waals surface area contributed by atoms with Crippen LogP contribution in [0.1, 0.15) is 36.8 Å². The summed E-state index contributed by atoms with van der Waals surface area (Å²) in [6, 6.07) is 11.9. The van der Waals surface area contributed by atoms with E-state index >= 15 is 0 Å². The summed E-state index contributed by atoms with van der Waals surface area (Å²) >= 11 is 0. The minimum Gasteiger partial charge on any atom is -0.497 e. The quantitative estimate of drug-likeness (QED) is 0.640. The Hall–Kier alpha value is -3.15. The highest BCUT2D eigenvalue weighted by molar-refractivity contribution is 5.88. The van der Waals surface area contributed by atoms with Gasteiger partial charge in [0.1, 0.15) is 24.5 Å². The van der Waals surface area contributed by atoms with Gasteiger partial charge >= 0.3 is 0 Å². The van der Waals surface area contributed by atoms with Crippen LogP contribution in [0, 0.1) is 0 Å². The lowest BCUT2D eigenvalue weighted by Gasteiger charge is -2.31. The summed E-state index contributed by atoms with van der Waals surface area (Å²) in [5, 5.41) is 4.14. The molecule has 0 unspecified atom stereocenters. The van der Waals surface area contributed by atoms with Crippen LogP contribution >= 0.6 is 0 Å². The minimum atomic E-state index is -0.0582. The fourth-order valence-electron chi connectivity index (χ4n) is 4.82. The molecule has 3 aromatic rings. The summed E-state index contributed by atoms with van der Waals surface area (Å²) in [4.78, 5) is 12.8. The number of methoxy groups -OCH3 is 1. The molecular formula is C25H27NO5. The smallest absolute Gasteiger partial charge is 0.224 e. The SMILES string of the molecule is COc1ccc2c(CC(=O)NCC3(c4ccc5c(c4)OCCO5)CCCC3)coc2c1. The van der Waals surface area contributed by atoms with Crippen molar-refractivity contribution >= 4 is 16.9 Å². The summed E-state index contributed by atoms with van der Waals surface area (Å²) in [5.74, 6) is 2.35. The third-order valence-electron chi connectivity index (χ3n) is 6.55. The summed E-state index contributed by atoms with van der Waals surface area (Å²) in [6.45, 7) is 1.78. The second kappa shape index (κ2) is 8.17. The first-order valence-corrected chi connectivity index (χ1v) is 10.9. The van der Waals surface area contributed by atoms with Gasteiger partial charge in [-0.2, -0.15) is 0 Å². The molecule has 0 bridgehead atoms. The summed E-state index contributed by atoms with van der Waals surface area (Å²) in [7, 11) is 1.62. The first-order valence-electron chi connectivity index (χ1n) is 10.9. The molecule has 1 amide bonds. The van der Waals surface area contributed by atoms with E-state index in [0.717, 1.165) is 46.6 Å². The topological polar surface area (TPSA) is 69.9 Å². The normalized spacial score (nSPS) is 16.9. The average Bonchev–Trinajstić information content (AvgIpc) is 3.45. The van der Waals surface area contributed by atoms with Gasteiger partial charge in [0, 0.05) is 29.0 Å². The van der Waals surface area contributed by atoms with Gasteiger partial charge in [0.15, 0.2) is 11.5 Å². The van der Waals surface area contributed by atoms with E-state index in [-0.39, 0.29) is 17.7 Å². The maximum atomic E-state index is 12.8. The zero-order valence-electron chi connectivity index (χ0n) is 17.7. The Kier molecular flexibility index (Phi) is 5.22. The van der Waals surface area contributed by atoms with E-state index in [0.29, 0.717) is 19.8 Å². The number of carbonyl (C=O) groups excluding carboxylic acids is 1. The van der Waals surface area contributed by atoms with Crippen LogP contribution in [0.25, 0.3) is 11.0 Å². The number of furan rings is 1. The van der Waals surface area contributed by atoms with Gasteiger partial charge < -0.3 is 23.9 Å². The molecule has 6 heteroatoms. The Bertz CT molecular complexity index is 1100. The van der Waals surface area contributed by atoms with Crippen molar-refractivity contribution in [3.63, 3.8) is 0 Å². The molecule has 2 aliphatic rings. The van der Waals surface area contributed by atoms with Crippen LogP contribution in [-0.4, -0.2) is 32.8 Å². The van der Waals surface area contributed by atoms with Crippen LogP contribution in [-0.2, 0) is 16.6 Å². The molecule has 2 heterocycles. The molecule has 0 radical (unpaired) electrons. The Balaban J connectivity index is 1.30. The van der Waals surface area contributed by atoms with E-state index in [4.69, 9.17) is 18.6 Å². The number of amides is 1. The Labute approximate surface area is 181 Å². The van der Waals surface area contributed by atoms with Crippen molar-refractivity contribution < 1.29 is 23.4 Å². The lowest BCUT2D eigenvalue weighted by atomic mass is 9.78. The van der Waals surface area contributed by atoms with Crippen LogP contribution in [0.2, 0.25) is 0 Å². The lowest BCUT2D eigenvalue weighted by Crippen LogP contribution is -2.39. The Morgan fingerprint density at radius 3 is 2.68 bits per heavy atom. The minimum absolute atomic E-state index is 0.00216. The van der Waals surface area contributed by atoms with Gasteiger partial charge in [-0.25, -0.2) is 0 Å². The average molecular weight is 421 g/mol. The summed E-state index contributed by atoms with van der Waals surface area (Å²) in [6.07, 6.45) is 6.39. The van der Waals surface area contributed by atoms with Crippen molar-refractivity contribution in [3.05, 3.63) is 53.8 Å². The highest BCUT2D eigenvalue weighted by atomic mass is 16.6. The second-order valence-electron chi connectivity index (χ2n) is 8.42. The molecule has 1 saturated carbocycles. The predicted molar refractivity (Wildman–Crippen MR) is 117 cm³/mol. The zero-order chi connectivity index (χ0) is 21.3. The van der Waals surface area contributed by atoms with Gasteiger partial charge in [0.25, 0.3) is 0 Å². The van der Waals surface area contributed by atoms with E-state index in [1.807, 2.05) is 24.3 Å². The van der Waals surface area contributed by atoms with Gasteiger partial charge in [0.05, 0.1) is 19.8 Å². The number of hydrogen-bond donors (Lipinski definition) is 1. The molecule has 2 aromatic carbocycles. The van der Waals surface area contributed by atoms with E-state index in [2.05, 4.69) is 17.4 Å². The van der Waals surface area contributed by atoms with Gasteiger partial charge in [-0.05, 0) is 42.7 Å². The number of benzene rings is 2. The fraction of sp³-hybridized carbons (Fsp3) is 0.400. The fourth-order valence-corrected chi connectivity index (χ4v) is 4.82. The van der Waals surface area contributed by atoms with Gasteiger partial charge in [-0.3, -0.25) is 4.79 Å².